The Kier molecular flexibility index (Phi) is 5.50. The lowest BCUT2D eigenvalue weighted by Crippen LogP contribution is -2.54. The van der Waals surface area contributed by atoms with Gasteiger partial charge in [0.15, 0.2) is 0 Å². The zero-order valence-corrected chi connectivity index (χ0v) is 17.0. The molecule has 1 saturated heterocycles. The van der Waals surface area contributed by atoms with Crippen molar-refractivity contribution in [3.63, 3.8) is 0 Å². The quantitative estimate of drug-likeness (QED) is 0.491. The minimum Gasteiger partial charge on any atom is -0.273 e. The maximum Gasteiger partial charge on any atom is 0.335 e. The molecule has 1 N–H and O–H groups in total. The molecule has 1 aliphatic heterocycles. The summed E-state index contributed by atoms with van der Waals surface area (Å²) in [5, 5.41) is 2.28. The number of hydrogen-bond donors (Lipinski definition) is 1. The maximum atomic E-state index is 13.1. The van der Waals surface area contributed by atoms with Crippen LogP contribution in [0.5, 0.6) is 0 Å². The van der Waals surface area contributed by atoms with Gasteiger partial charge >= 0.3 is 6.03 Å². The molecule has 1 aliphatic rings. The lowest BCUT2D eigenvalue weighted by Gasteiger charge is -2.27. The molecule has 0 aromatic heterocycles. The highest BCUT2D eigenvalue weighted by atomic mass is 32.2. The summed E-state index contributed by atoms with van der Waals surface area (Å²) >= 11 is 1.54. The van der Waals surface area contributed by atoms with Crippen LogP contribution in [0.1, 0.15) is 11.1 Å². The highest BCUT2D eigenvalue weighted by Gasteiger charge is 2.37. The van der Waals surface area contributed by atoms with E-state index in [1.54, 1.807) is 18.2 Å². The van der Waals surface area contributed by atoms with Gasteiger partial charge in [-0.1, -0.05) is 66.4 Å². The number of benzene rings is 3. The fourth-order valence-corrected chi connectivity index (χ4v) is 4.09. The lowest BCUT2D eigenvalue weighted by atomic mass is 10.1. The molecule has 1 fully saturated rings. The minimum atomic E-state index is -0.747. The van der Waals surface area contributed by atoms with Crippen LogP contribution in [0.3, 0.4) is 0 Å². The van der Waals surface area contributed by atoms with Crippen molar-refractivity contribution < 1.29 is 14.4 Å². The number of para-hydroxylation sites is 1. The monoisotopic (exact) mass is 414 g/mol. The van der Waals surface area contributed by atoms with Crippen molar-refractivity contribution in [2.24, 2.45) is 0 Å². The highest BCUT2D eigenvalue weighted by molar-refractivity contribution is 7.99. The summed E-state index contributed by atoms with van der Waals surface area (Å²) < 4.78 is 0. The summed E-state index contributed by atoms with van der Waals surface area (Å²) in [5.41, 5.74) is 1.85. The normalized spacial score (nSPS) is 15.4. The minimum absolute atomic E-state index is 0.0843. The third-order valence-corrected chi connectivity index (χ3v) is 5.75. The second kappa shape index (κ2) is 8.39. The Labute approximate surface area is 178 Å². The van der Waals surface area contributed by atoms with Gasteiger partial charge in [0.1, 0.15) is 5.57 Å². The van der Waals surface area contributed by atoms with E-state index >= 15 is 0 Å². The Morgan fingerprint density at radius 2 is 1.50 bits per heavy atom. The molecule has 0 unspecified atom stereocenters. The van der Waals surface area contributed by atoms with E-state index in [4.69, 9.17) is 0 Å². The van der Waals surface area contributed by atoms with Crippen molar-refractivity contribution in [2.45, 2.75) is 16.7 Å². The third kappa shape index (κ3) is 3.90. The standard InChI is InChI=1S/C24H18N2O3S/c1-16-9-5-7-13-20(16)26-23(28)19(22(27)25-24(26)29)15-17-10-6-8-14-21(17)30-18-11-3-2-4-12-18/h2-15H,1H3,(H,25,27,29)/b19-15-. The SMILES string of the molecule is Cc1ccccc1N1C(=O)NC(=O)/C(=C/c2ccccc2Sc2ccccc2)C1=O. The van der Waals surface area contributed by atoms with E-state index in [2.05, 4.69) is 5.32 Å². The first-order valence-electron chi connectivity index (χ1n) is 9.33. The fourth-order valence-electron chi connectivity index (χ4n) is 3.15. The molecule has 0 saturated carbocycles. The summed E-state index contributed by atoms with van der Waals surface area (Å²) in [5.74, 6) is -1.34. The molecule has 6 heteroatoms. The number of nitrogens with one attached hydrogen (secondary N) is 1. The number of imide groups is 2. The average molecular weight is 414 g/mol. The van der Waals surface area contributed by atoms with Gasteiger partial charge in [-0.05, 0) is 48.4 Å². The molecule has 30 heavy (non-hydrogen) atoms. The van der Waals surface area contributed by atoms with Crippen molar-refractivity contribution in [2.75, 3.05) is 4.90 Å². The molecule has 0 atom stereocenters. The second-order valence-electron chi connectivity index (χ2n) is 6.70. The molecule has 4 amide bonds. The molecule has 1 heterocycles. The van der Waals surface area contributed by atoms with Gasteiger partial charge in [0, 0.05) is 9.79 Å². The molecule has 148 valence electrons. The Hall–Kier alpha value is -3.64. The number of carbonyl (C=O) groups is 3. The van der Waals surface area contributed by atoms with Crippen LogP contribution in [0.2, 0.25) is 0 Å². The maximum absolute atomic E-state index is 13.1. The first-order chi connectivity index (χ1) is 14.5. The number of anilines is 1. The molecule has 5 nitrogen and oxygen atoms in total. The molecule has 0 spiro atoms. The molecule has 3 aromatic carbocycles. The molecule has 4 rings (SSSR count). The van der Waals surface area contributed by atoms with Crippen LogP contribution in [0.4, 0.5) is 10.5 Å². The van der Waals surface area contributed by atoms with Gasteiger partial charge in [0.2, 0.25) is 0 Å². The van der Waals surface area contributed by atoms with Crippen molar-refractivity contribution in [1.29, 1.82) is 0 Å². The van der Waals surface area contributed by atoms with Gasteiger partial charge in [0.25, 0.3) is 11.8 Å². The lowest BCUT2D eigenvalue weighted by molar-refractivity contribution is -0.122. The van der Waals surface area contributed by atoms with E-state index in [1.807, 2.05) is 73.7 Å². The average Bonchev–Trinajstić information content (AvgIpc) is 2.74. The van der Waals surface area contributed by atoms with Crippen LogP contribution >= 0.6 is 11.8 Å². The summed E-state index contributed by atoms with van der Waals surface area (Å²) in [7, 11) is 0. The first kappa shape index (κ1) is 19.7. The van der Waals surface area contributed by atoms with Crippen molar-refractivity contribution in [1.82, 2.24) is 5.32 Å². The van der Waals surface area contributed by atoms with Crippen molar-refractivity contribution in [3.8, 4) is 0 Å². The number of carbonyl (C=O) groups excluding carboxylic acids is 3. The van der Waals surface area contributed by atoms with E-state index in [-0.39, 0.29) is 5.57 Å². The van der Waals surface area contributed by atoms with Gasteiger partial charge in [-0.2, -0.15) is 0 Å². The van der Waals surface area contributed by atoms with E-state index in [0.29, 0.717) is 5.69 Å². The topological polar surface area (TPSA) is 66.5 Å². The van der Waals surface area contributed by atoms with E-state index < -0.39 is 17.8 Å². The summed E-state index contributed by atoms with van der Waals surface area (Å²) in [6.45, 7) is 1.81. The van der Waals surface area contributed by atoms with Crippen LogP contribution in [0.25, 0.3) is 6.08 Å². The zero-order valence-electron chi connectivity index (χ0n) is 16.2. The summed E-state index contributed by atoms with van der Waals surface area (Å²) in [6.07, 6.45) is 1.54. The van der Waals surface area contributed by atoms with Crippen LogP contribution in [0, 0.1) is 6.92 Å². The van der Waals surface area contributed by atoms with Gasteiger partial charge in [0.05, 0.1) is 5.69 Å². The summed E-state index contributed by atoms with van der Waals surface area (Å²) in [6, 6.07) is 23.7. The third-order valence-electron chi connectivity index (χ3n) is 4.65. The summed E-state index contributed by atoms with van der Waals surface area (Å²) in [4.78, 5) is 41.0. The number of aryl methyl sites for hydroxylation is 1. The van der Waals surface area contributed by atoms with Gasteiger partial charge in [-0.3, -0.25) is 14.9 Å². The number of urea groups is 1. The molecule has 3 aromatic rings. The Balaban J connectivity index is 1.73. The predicted molar refractivity (Wildman–Crippen MR) is 117 cm³/mol. The largest absolute Gasteiger partial charge is 0.335 e. The van der Waals surface area contributed by atoms with Crippen molar-refractivity contribution in [3.05, 3.63) is 95.6 Å². The van der Waals surface area contributed by atoms with E-state index in [1.165, 1.54) is 11.8 Å². The second-order valence-corrected chi connectivity index (χ2v) is 7.81. The predicted octanol–water partition coefficient (Wildman–Crippen LogP) is 4.81. The van der Waals surface area contributed by atoms with Gasteiger partial charge in [-0.25, -0.2) is 9.69 Å². The number of barbiturate groups is 1. The van der Waals surface area contributed by atoms with Crippen LogP contribution in [0.15, 0.2) is 94.2 Å². The van der Waals surface area contributed by atoms with E-state index in [9.17, 15) is 14.4 Å². The molecule has 0 radical (unpaired) electrons. The Bertz CT molecular complexity index is 1170. The van der Waals surface area contributed by atoms with E-state index in [0.717, 1.165) is 25.8 Å². The van der Waals surface area contributed by atoms with Crippen LogP contribution < -0.4 is 10.2 Å². The van der Waals surface area contributed by atoms with Gasteiger partial charge in [-0.15, -0.1) is 0 Å². The Morgan fingerprint density at radius 1 is 0.833 bits per heavy atom. The van der Waals surface area contributed by atoms with Crippen molar-refractivity contribution >= 4 is 41.4 Å². The molecular weight excluding hydrogens is 396 g/mol. The first-order valence-corrected chi connectivity index (χ1v) is 10.2. The van der Waals surface area contributed by atoms with Crippen LogP contribution in [-0.4, -0.2) is 17.8 Å². The number of hydrogen-bond acceptors (Lipinski definition) is 4. The number of amides is 4. The Morgan fingerprint density at radius 3 is 2.27 bits per heavy atom. The molecule has 0 aliphatic carbocycles. The van der Waals surface area contributed by atoms with Gasteiger partial charge < -0.3 is 0 Å². The van der Waals surface area contributed by atoms with Crippen LogP contribution in [-0.2, 0) is 9.59 Å². The zero-order chi connectivity index (χ0) is 21.1. The fraction of sp³-hybridized carbons (Fsp3) is 0.0417. The smallest absolute Gasteiger partial charge is 0.273 e. The molecular formula is C24H18N2O3S. The highest BCUT2D eigenvalue weighted by Crippen LogP contribution is 2.32. The number of nitrogens with zero attached hydrogens (tertiary/aromatic N) is 1. The molecule has 0 bridgehead atoms. The number of rotatable bonds is 4.